The summed E-state index contributed by atoms with van der Waals surface area (Å²) < 4.78 is 10.3. The third-order valence-electron chi connectivity index (χ3n) is 4.19. The zero-order chi connectivity index (χ0) is 20.7. The number of ether oxygens (including phenoxy) is 2. The molecule has 1 fully saturated rings. The van der Waals surface area contributed by atoms with Gasteiger partial charge in [-0.1, -0.05) is 25.2 Å². The Morgan fingerprint density at radius 1 is 1.36 bits per heavy atom. The molecule has 2 heterocycles. The number of morpholine rings is 1. The van der Waals surface area contributed by atoms with Crippen molar-refractivity contribution in [2.24, 2.45) is 5.41 Å². The molecule has 0 radical (unpaired) electrons. The molecule has 1 amide bonds. The van der Waals surface area contributed by atoms with Gasteiger partial charge in [-0.05, 0) is 33.3 Å². The van der Waals surface area contributed by atoms with Crippen LogP contribution >= 0.6 is 11.3 Å². The summed E-state index contributed by atoms with van der Waals surface area (Å²) in [6, 6.07) is 1.44. The van der Waals surface area contributed by atoms with Crippen molar-refractivity contribution in [3.63, 3.8) is 0 Å². The average molecular weight is 407 g/mol. The fourth-order valence-corrected chi connectivity index (χ4v) is 3.68. The number of hydrogen-bond donors (Lipinski definition) is 1. The third-order valence-corrected chi connectivity index (χ3v) is 5.22. The smallest absolute Gasteiger partial charge is 0.350 e. The molecule has 0 unspecified atom stereocenters. The maximum atomic E-state index is 13.0. The van der Waals surface area contributed by atoms with Crippen molar-refractivity contribution in [3.05, 3.63) is 15.8 Å². The van der Waals surface area contributed by atoms with Gasteiger partial charge in [-0.15, -0.1) is 11.3 Å². The molecule has 1 saturated heterocycles. The van der Waals surface area contributed by atoms with E-state index in [2.05, 4.69) is 17.2 Å². The number of anilines is 1. The van der Waals surface area contributed by atoms with E-state index in [-0.39, 0.29) is 11.3 Å². The summed E-state index contributed by atoms with van der Waals surface area (Å²) in [5.74, 6) is 5.92. The minimum absolute atomic E-state index is 0.0366. The summed E-state index contributed by atoms with van der Waals surface area (Å²) >= 11 is 1.28. The Hall–Kier alpha value is -2.04. The van der Waals surface area contributed by atoms with Crippen LogP contribution in [0.15, 0.2) is 6.07 Å². The van der Waals surface area contributed by atoms with E-state index in [9.17, 15) is 9.59 Å². The van der Waals surface area contributed by atoms with Gasteiger partial charge < -0.3 is 19.7 Å². The molecule has 2 rings (SSSR count). The Labute approximate surface area is 171 Å². The lowest BCUT2D eigenvalue weighted by Crippen LogP contribution is -2.48. The predicted molar refractivity (Wildman–Crippen MR) is 112 cm³/mol. The summed E-state index contributed by atoms with van der Waals surface area (Å²) in [4.78, 5) is 28.3. The van der Waals surface area contributed by atoms with Gasteiger partial charge in [-0.25, -0.2) is 4.79 Å². The largest absolute Gasteiger partial charge is 0.465 e. The fourth-order valence-electron chi connectivity index (χ4n) is 2.79. The second-order valence-electron chi connectivity index (χ2n) is 7.77. The van der Waals surface area contributed by atoms with Crippen molar-refractivity contribution in [2.45, 2.75) is 46.6 Å². The maximum Gasteiger partial charge on any atom is 0.350 e. The van der Waals surface area contributed by atoms with Crippen LogP contribution in [0.5, 0.6) is 0 Å². The highest BCUT2D eigenvalue weighted by molar-refractivity contribution is 7.15. The highest BCUT2D eigenvalue weighted by Gasteiger charge is 2.27. The number of amides is 1. The van der Waals surface area contributed by atoms with E-state index in [1.165, 1.54) is 18.4 Å². The number of esters is 1. The second kappa shape index (κ2) is 9.94. The highest BCUT2D eigenvalue weighted by Crippen LogP contribution is 2.29. The number of carbonyl (C=O) groups is 2. The Morgan fingerprint density at radius 3 is 2.61 bits per heavy atom. The Bertz CT molecular complexity index is 749. The summed E-state index contributed by atoms with van der Waals surface area (Å²) in [5, 5.41) is 3.29. The van der Waals surface area contributed by atoms with E-state index in [1.807, 2.05) is 38.7 Å². The Morgan fingerprint density at radius 2 is 2.04 bits per heavy atom. The molecular weight excluding hydrogens is 376 g/mol. The van der Waals surface area contributed by atoms with Crippen LogP contribution in [-0.2, 0) is 14.3 Å². The van der Waals surface area contributed by atoms with Gasteiger partial charge in [0.25, 0.3) is 0 Å². The van der Waals surface area contributed by atoms with Gasteiger partial charge in [0.1, 0.15) is 10.9 Å². The molecule has 28 heavy (non-hydrogen) atoms. The lowest BCUT2D eigenvalue weighted by Gasteiger charge is -2.31. The first-order chi connectivity index (χ1) is 13.2. The van der Waals surface area contributed by atoms with E-state index >= 15 is 0 Å². The molecule has 1 aliphatic heterocycles. The van der Waals surface area contributed by atoms with E-state index in [1.54, 1.807) is 0 Å². The van der Waals surface area contributed by atoms with Gasteiger partial charge in [0.05, 0.1) is 30.9 Å². The lowest BCUT2D eigenvalue weighted by atomic mass is 9.98. The number of nitrogens with one attached hydrogen (secondary N) is 1. The maximum absolute atomic E-state index is 13.0. The van der Waals surface area contributed by atoms with E-state index < -0.39 is 12.0 Å². The second-order valence-corrected chi connectivity index (χ2v) is 8.82. The van der Waals surface area contributed by atoms with Crippen molar-refractivity contribution >= 4 is 28.9 Å². The van der Waals surface area contributed by atoms with Crippen molar-refractivity contribution in [1.29, 1.82) is 0 Å². The molecule has 1 N–H and O–H groups in total. The Kier molecular flexibility index (Phi) is 7.90. The van der Waals surface area contributed by atoms with Crippen LogP contribution < -0.4 is 5.32 Å². The van der Waals surface area contributed by atoms with E-state index in [0.717, 1.165) is 11.3 Å². The molecule has 0 spiro atoms. The quantitative estimate of drug-likeness (QED) is 0.579. The molecule has 1 aromatic rings. The number of thiophene rings is 1. The topological polar surface area (TPSA) is 67.9 Å². The minimum Gasteiger partial charge on any atom is -0.465 e. The number of methoxy groups -OCH3 is 1. The molecule has 1 aromatic heterocycles. The first kappa shape index (κ1) is 22.3. The number of nitrogens with zero attached hydrogens (tertiary/aromatic N) is 1. The molecule has 6 nitrogen and oxygen atoms in total. The monoisotopic (exact) mass is 406 g/mol. The number of rotatable bonds is 6. The van der Waals surface area contributed by atoms with Crippen LogP contribution in [-0.4, -0.2) is 56.2 Å². The van der Waals surface area contributed by atoms with Gasteiger partial charge in [0.15, 0.2) is 0 Å². The van der Waals surface area contributed by atoms with Crippen LogP contribution in [0, 0.1) is 17.3 Å². The third kappa shape index (κ3) is 6.25. The average Bonchev–Trinajstić information content (AvgIpc) is 3.08. The molecule has 1 aliphatic rings. The van der Waals surface area contributed by atoms with Crippen LogP contribution in [0.3, 0.4) is 0 Å². The van der Waals surface area contributed by atoms with Crippen molar-refractivity contribution < 1.29 is 19.1 Å². The van der Waals surface area contributed by atoms with Crippen LogP contribution in [0.25, 0.3) is 0 Å². The van der Waals surface area contributed by atoms with Crippen LogP contribution in [0.1, 0.15) is 55.1 Å². The molecule has 0 aromatic carbocycles. The highest BCUT2D eigenvalue weighted by atomic mass is 32.1. The summed E-state index contributed by atoms with van der Waals surface area (Å²) in [5.41, 5.74) is 0.468. The summed E-state index contributed by atoms with van der Waals surface area (Å²) in [6.45, 7) is 10.4. The molecule has 1 atom stereocenters. The Balaban J connectivity index is 2.28. The van der Waals surface area contributed by atoms with Gasteiger partial charge in [0.2, 0.25) is 5.91 Å². The normalized spacial score (nSPS) is 15.4. The van der Waals surface area contributed by atoms with Crippen molar-refractivity contribution in [2.75, 3.05) is 38.7 Å². The van der Waals surface area contributed by atoms with Gasteiger partial charge in [-0.2, -0.15) is 0 Å². The molecule has 0 aliphatic carbocycles. The number of hydrogen-bond acceptors (Lipinski definition) is 6. The SMILES string of the molecule is CCC[C@H](Nc1cc(C#CC(C)(C)C)sc1C(=O)OC)C(=O)N1CCOCC1. The zero-order valence-corrected chi connectivity index (χ0v) is 18.2. The minimum atomic E-state index is -0.426. The van der Waals surface area contributed by atoms with Gasteiger partial charge in [-0.3, -0.25) is 4.79 Å². The van der Waals surface area contributed by atoms with Crippen LogP contribution in [0.4, 0.5) is 5.69 Å². The zero-order valence-electron chi connectivity index (χ0n) is 17.4. The fraction of sp³-hybridized carbons (Fsp3) is 0.619. The molecule has 154 valence electrons. The number of carbonyl (C=O) groups excluding carboxylic acids is 2. The lowest BCUT2D eigenvalue weighted by molar-refractivity contribution is -0.136. The molecule has 0 bridgehead atoms. The van der Waals surface area contributed by atoms with Crippen molar-refractivity contribution in [3.8, 4) is 11.8 Å². The van der Waals surface area contributed by atoms with E-state index in [4.69, 9.17) is 9.47 Å². The van der Waals surface area contributed by atoms with E-state index in [0.29, 0.717) is 43.3 Å². The molecule has 7 heteroatoms. The molecular formula is C21H30N2O4S. The standard InChI is InChI=1S/C21H30N2O4S/c1-6-7-16(19(24)23-10-12-27-13-11-23)22-17-14-15(8-9-21(2,3)4)28-18(17)20(25)26-5/h14,16,22H,6-7,10-13H2,1-5H3/t16-/m0/s1. The molecule has 0 saturated carbocycles. The van der Waals surface area contributed by atoms with Gasteiger partial charge in [0, 0.05) is 18.5 Å². The van der Waals surface area contributed by atoms with Gasteiger partial charge >= 0.3 is 5.97 Å². The first-order valence-electron chi connectivity index (χ1n) is 9.63. The summed E-state index contributed by atoms with van der Waals surface area (Å²) in [6.07, 6.45) is 1.53. The predicted octanol–water partition coefficient (Wildman–Crippen LogP) is 3.37. The first-order valence-corrected chi connectivity index (χ1v) is 10.4. The van der Waals surface area contributed by atoms with Crippen LogP contribution in [0.2, 0.25) is 0 Å². The van der Waals surface area contributed by atoms with Crippen molar-refractivity contribution in [1.82, 2.24) is 4.90 Å². The summed E-state index contributed by atoms with van der Waals surface area (Å²) in [7, 11) is 1.36.